The molecule has 2 N–H and O–H groups in total. The minimum Gasteiger partial charge on any atom is -0.397 e. The number of alkyl halides is 3. The lowest BCUT2D eigenvalue weighted by Gasteiger charge is -2.11. The van der Waals surface area contributed by atoms with Crippen molar-refractivity contribution in [2.24, 2.45) is 0 Å². The number of hydrogen-bond acceptors (Lipinski definition) is 3. The van der Waals surface area contributed by atoms with Gasteiger partial charge in [0, 0.05) is 5.56 Å². The van der Waals surface area contributed by atoms with Crippen molar-refractivity contribution in [1.29, 1.82) is 5.26 Å². The van der Waals surface area contributed by atoms with Crippen LogP contribution in [0.15, 0.2) is 6.20 Å². The van der Waals surface area contributed by atoms with Gasteiger partial charge in [0.2, 0.25) is 0 Å². The van der Waals surface area contributed by atoms with Crippen LogP contribution in [-0.2, 0) is 12.3 Å². The molecule has 0 saturated carbocycles. The molecule has 0 aromatic carbocycles. The molecule has 1 heterocycles. The molecule has 0 amide bonds. The Labute approximate surface area is 90.5 Å². The summed E-state index contributed by atoms with van der Waals surface area (Å²) in [5, 5.41) is 8.53. The van der Waals surface area contributed by atoms with Crippen molar-refractivity contribution in [3.8, 4) is 6.07 Å². The summed E-state index contributed by atoms with van der Waals surface area (Å²) in [5.41, 5.74) is 5.36. The molecule has 0 aliphatic carbocycles. The maximum Gasteiger partial charge on any atom is 0.266 e. The number of halogens is 3. The highest BCUT2D eigenvalue weighted by molar-refractivity contribution is 6.17. The van der Waals surface area contributed by atoms with Gasteiger partial charge in [-0.1, -0.05) is 0 Å². The van der Waals surface area contributed by atoms with Crippen LogP contribution in [0.2, 0.25) is 0 Å². The first kappa shape index (κ1) is 11.7. The Hall–Kier alpha value is -1.41. The molecule has 0 bridgehead atoms. The number of nitrogen functional groups attached to an aromatic ring is 1. The van der Waals surface area contributed by atoms with Gasteiger partial charge in [-0.15, -0.1) is 11.6 Å². The summed E-state index contributed by atoms with van der Waals surface area (Å²) in [6.07, 6.45) is -1.75. The maximum absolute atomic E-state index is 12.7. The smallest absolute Gasteiger partial charge is 0.266 e. The summed E-state index contributed by atoms with van der Waals surface area (Å²) in [5.74, 6) is -0.0169. The van der Waals surface area contributed by atoms with E-state index in [9.17, 15) is 8.78 Å². The molecular formula is C9H8ClF2N3. The van der Waals surface area contributed by atoms with Crippen molar-refractivity contribution in [2.45, 2.75) is 18.7 Å². The second kappa shape index (κ2) is 4.89. The molecule has 0 radical (unpaired) electrons. The van der Waals surface area contributed by atoms with Crippen molar-refractivity contribution >= 4 is 17.3 Å². The molecule has 0 aliphatic heterocycles. The quantitative estimate of drug-likeness (QED) is 0.813. The van der Waals surface area contributed by atoms with Gasteiger partial charge in [0.25, 0.3) is 6.43 Å². The second-order valence-corrected chi connectivity index (χ2v) is 3.09. The first-order valence-corrected chi connectivity index (χ1v) is 4.62. The number of nitriles is 1. The molecular weight excluding hydrogens is 224 g/mol. The average molecular weight is 232 g/mol. The molecule has 1 rings (SSSR count). The van der Waals surface area contributed by atoms with Gasteiger partial charge in [0.05, 0.1) is 35.9 Å². The largest absolute Gasteiger partial charge is 0.397 e. The molecule has 0 spiro atoms. The molecule has 15 heavy (non-hydrogen) atoms. The predicted octanol–water partition coefficient (Wildman–Crippen LogP) is 2.41. The molecule has 0 atom stereocenters. The van der Waals surface area contributed by atoms with Crippen molar-refractivity contribution in [1.82, 2.24) is 4.98 Å². The number of nitrogens with zero attached hydrogens (tertiary/aromatic N) is 2. The number of aromatic nitrogens is 1. The average Bonchev–Trinajstić information content (AvgIpc) is 2.18. The van der Waals surface area contributed by atoms with E-state index in [0.29, 0.717) is 0 Å². The fourth-order valence-corrected chi connectivity index (χ4v) is 1.50. The van der Waals surface area contributed by atoms with Gasteiger partial charge in [-0.05, 0) is 5.56 Å². The van der Waals surface area contributed by atoms with Crippen molar-refractivity contribution in [2.75, 3.05) is 5.73 Å². The maximum atomic E-state index is 12.7. The van der Waals surface area contributed by atoms with E-state index in [2.05, 4.69) is 4.98 Å². The van der Waals surface area contributed by atoms with Crippen LogP contribution in [0.5, 0.6) is 0 Å². The topological polar surface area (TPSA) is 62.7 Å². The highest BCUT2D eigenvalue weighted by Gasteiger charge is 2.20. The zero-order chi connectivity index (χ0) is 11.4. The number of rotatable bonds is 3. The van der Waals surface area contributed by atoms with Gasteiger partial charge in [0.15, 0.2) is 0 Å². The van der Waals surface area contributed by atoms with E-state index in [1.54, 1.807) is 6.07 Å². The van der Waals surface area contributed by atoms with Crippen LogP contribution in [0, 0.1) is 11.3 Å². The van der Waals surface area contributed by atoms with E-state index in [-0.39, 0.29) is 34.8 Å². The lowest BCUT2D eigenvalue weighted by atomic mass is 10.0. The molecule has 3 nitrogen and oxygen atoms in total. The van der Waals surface area contributed by atoms with Crippen molar-refractivity contribution < 1.29 is 8.78 Å². The molecule has 0 fully saturated rings. The Balaban J connectivity index is 3.38. The fraction of sp³-hybridized carbons (Fsp3) is 0.333. The minimum atomic E-state index is -2.72. The summed E-state index contributed by atoms with van der Waals surface area (Å²) in [6.45, 7) is 0. The van der Waals surface area contributed by atoms with Crippen LogP contribution in [0.3, 0.4) is 0 Å². The third kappa shape index (κ3) is 2.34. The van der Waals surface area contributed by atoms with Gasteiger partial charge in [-0.3, -0.25) is 4.98 Å². The molecule has 1 aromatic heterocycles. The third-order valence-electron chi connectivity index (χ3n) is 1.94. The van der Waals surface area contributed by atoms with Crippen LogP contribution >= 0.6 is 11.6 Å². The number of anilines is 1. The monoisotopic (exact) mass is 231 g/mol. The summed E-state index contributed by atoms with van der Waals surface area (Å²) in [7, 11) is 0. The first-order chi connectivity index (χ1) is 7.11. The highest BCUT2D eigenvalue weighted by atomic mass is 35.5. The Morgan fingerprint density at radius 3 is 2.73 bits per heavy atom. The number of hydrogen-bond donors (Lipinski definition) is 1. The van der Waals surface area contributed by atoms with Crippen LogP contribution in [0.1, 0.15) is 23.2 Å². The SMILES string of the molecule is N#CCc1c(CCl)ncc(N)c1C(F)F. The highest BCUT2D eigenvalue weighted by Crippen LogP contribution is 2.30. The van der Waals surface area contributed by atoms with Gasteiger partial charge >= 0.3 is 0 Å². The minimum absolute atomic E-state index is 0.0169. The van der Waals surface area contributed by atoms with Crippen LogP contribution in [0.25, 0.3) is 0 Å². The molecule has 0 aliphatic rings. The van der Waals surface area contributed by atoms with Crippen molar-refractivity contribution in [3.05, 3.63) is 23.0 Å². The van der Waals surface area contributed by atoms with Gasteiger partial charge in [-0.25, -0.2) is 8.78 Å². The molecule has 0 unspecified atom stereocenters. The van der Waals surface area contributed by atoms with Gasteiger partial charge in [0.1, 0.15) is 0 Å². The number of nitrogens with two attached hydrogens (primary N) is 1. The van der Waals surface area contributed by atoms with E-state index >= 15 is 0 Å². The fourth-order valence-electron chi connectivity index (χ4n) is 1.27. The Morgan fingerprint density at radius 2 is 2.27 bits per heavy atom. The zero-order valence-electron chi connectivity index (χ0n) is 7.67. The standard InChI is InChI=1S/C9H8ClF2N3/c10-3-7-5(1-2-13)8(9(11)12)6(14)4-15-7/h4,9H,1,3,14H2. The van der Waals surface area contributed by atoms with Crippen molar-refractivity contribution in [3.63, 3.8) is 0 Å². The Morgan fingerprint density at radius 1 is 1.60 bits per heavy atom. The number of pyridine rings is 1. The molecule has 0 saturated heterocycles. The predicted molar refractivity (Wildman–Crippen MR) is 52.5 cm³/mol. The van der Waals surface area contributed by atoms with Crippen LogP contribution < -0.4 is 5.73 Å². The van der Waals surface area contributed by atoms with E-state index in [4.69, 9.17) is 22.6 Å². The lowest BCUT2D eigenvalue weighted by molar-refractivity contribution is 0.151. The molecule has 80 valence electrons. The summed E-state index contributed by atoms with van der Waals surface area (Å²) >= 11 is 5.54. The third-order valence-corrected chi connectivity index (χ3v) is 2.20. The Kier molecular flexibility index (Phi) is 3.81. The zero-order valence-corrected chi connectivity index (χ0v) is 8.43. The molecule has 1 aromatic rings. The summed E-state index contributed by atoms with van der Waals surface area (Å²) in [4.78, 5) is 3.82. The lowest BCUT2D eigenvalue weighted by Crippen LogP contribution is -2.06. The summed E-state index contributed by atoms with van der Waals surface area (Å²) < 4.78 is 25.3. The van der Waals surface area contributed by atoms with Crippen LogP contribution in [-0.4, -0.2) is 4.98 Å². The van der Waals surface area contributed by atoms with E-state index in [1.165, 1.54) is 0 Å². The van der Waals surface area contributed by atoms with E-state index < -0.39 is 6.43 Å². The molecule has 6 heteroatoms. The van der Waals surface area contributed by atoms with Crippen LogP contribution in [0.4, 0.5) is 14.5 Å². The summed E-state index contributed by atoms with van der Waals surface area (Å²) in [6, 6.07) is 1.79. The second-order valence-electron chi connectivity index (χ2n) is 2.82. The van der Waals surface area contributed by atoms with Gasteiger partial charge < -0.3 is 5.73 Å². The van der Waals surface area contributed by atoms with E-state index in [0.717, 1.165) is 6.20 Å². The van der Waals surface area contributed by atoms with Gasteiger partial charge in [-0.2, -0.15) is 5.26 Å². The first-order valence-electron chi connectivity index (χ1n) is 4.09. The van der Waals surface area contributed by atoms with E-state index in [1.807, 2.05) is 0 Å². The Bertz CT molecular complexity index is 401. The normalized spacial score (nSPS) is 10.3.